The van der Waals surface area contributed by atoms with E-state index >= 15 is 0 Å². The van der Waals surface area contributed by atoms with Crippen molar-refractivity contribution in [2.45, 2.75) is 6.54 Å². The second kappa shape index (κ2) is 7.37. The van der Waals surface area contributed by atoms with Crippen LogP contribution in [-0.2, 0) is 16.1 Å². The van der Waals surface area contributed by atoms with E-state index in [0.717, 1.165) is 0 Å². The predicted octanol–water partition coefficient (Wildman–Crippen LogP) is 1.25. The summed E-state index contributed by atoms with van der Waals surface area (Å²) >= 11 is 6.02. The van der Waals surface area contributed by atoms with Crippen LogP contribution in [0.3, 0.4) is 0 Å². The minimum atomic E-state index is -0.282. The standard InChI is InChI=1S/C17H17ClN6O3/c18-12-9-19-3-1-13(12)20-14(25)10-24-4-2-11-15(24)21-17(22-16(11)26)23-5-7-27-8-6-23/h1-4,9H,5-8,10H2,(H,19,20,25)(H,21,22,26). The third-order valence-corrected chi connectivity index (χ3v) is 4.59. The maximum Gasteiger partial charge on any atom is 0.261 e. The van der Waals surface area contributed by atoms with Gasteiger partial charge in [-0.15, -0.1) is 0 Å². The lowest BCUT2D eigenvalue weighted by molar-refractivity contribution is -0.116. The molecule has 0 aliphatic carbocycles. The Morgan fingerprint density at radius 2 is 2.15 bits per heavy atom. The number of hydrogen-bond acceptors (Lipinski definition) is 6. The third-order valence-electron chi connectivity index (χ3n) is 4.29. The molecule has 9 nitrogen and oxygen atoms in total. The van der Waals surface area contributed by atoms with Crippen molar-refractivity contribution in [3.8, 4) is 0 Å². The Kier molecular flexibility index (Phi) is 4.78. The minimum absolute atomic E-state index is 0.00115. The Labute approximate surface area is 158 Å². The maximum absolute atomic E-state index is 12.4. The number of morpholine rings is 1. The summed E-state index contributed by atoms with van der Waals surface area (Å²) in [4.78, 5) is 38.0. The number of halogens is 1. The Balaban J connectivity index is 1.60. The first kappa shape index (κ1) is 17.5. The minimum Gasteiger partial charge on any atom is -0.378 e. The SMILES string of the molecule is O=C(Cn1ccc2c(=O)[nH]c(N3CCOCC3)nc21)Nc1ccncc1Cl. The van der Waals surface area contributed by atoms with Crippen molar-refractivity contribution in [1.29, 1.82) is 0 Å². The Bertz CT molecular complexity index is 1040. The number of anilines is 2. The van der Waals surface area contributed by atoms with E-state index in [1.54, 1.807) is 29.1 Å². The van der Waals surface area contributed by atoms with Gasteiger partial charge in [-0.1, -0.05) is 11.6 Å². The van der Waals surface area contributed by atoms with Gasteiger partial charge in [-0.05, 0) is 12.1 Å². The van der Waals surface area contributed by atoms with Crippen molar-refractivity contribution < 1.29 is 9.53 Å². The number of pyridine rings is 1. The lowest BCUT2D eigenvalue weighted by atomic mass is 10.4. The van der Waals surface area contributed by atoms with Gasteiger partial charge in [0.15, 0.2) is 0 Å². The van der Waals surface area contributed by atoms with Gasteiger partial charge in [-0.2, -0.15) is 4.98 Å². The fraction of sp³-hybridized carbons (Fsp3) is 0.294. The van der Waals surface area contributed by atoms with E-state index < -0.39 is 0 Å². The number of hydrogen-bond donors (Lipinski definition) is 2. The molecule has 0 aromatic carbocycles. The fourth-order valence-corrected chi connectivity index (χ4v) is 3.10. The number of amides is 1. The fourth-order valence-electron chi connectivity index (χ4n) is 2.94. The van der Waals surface area contributed by atoms with Gasteiger partial charge in [-0.3, -0.25) is 19.6 Å². The van der Waals surface area contributed by atoms with Gasteiger partial charge in [0.1, 0.15) is 12.2 Å². The van der Waals surface area contributed by atoms with Crippen LogP contribution in [0, 0.1) is 0 Å². The quantitative estimate of drug-likeness (QED) is 0.696. The summed E-state index contributed by atoms with van der Waals surface area (Å²) in [6.45, 7) is 2.46. The van der Waals surface area contributed by atoms with Crippen molar-refractivity contribution >= 4 is 40.2 Å². The number of aromatic amines is 1. The summed E-state index contributed by atoms with van der Waals surface area (Å²) in [6, 6.07) is 3.27. The maximum atomic E-state index is 12.4. The number of aromatic nitrogens is 4. The molecular formula is C17H17ClN6O3. The lowest BCUT2D eigenvalue weighted by Gasteiger charge is -2.27. The van der Waals surface area contributed by atoms with Crippen LogP contribution >= 0.6 is 11.6 Å². The van der Waals surface area contributed by atoms with E-state index in [1.165, 1.54) is 6.20 Å². The van der Waals surface area contributed by atoms with Gasteiger partial charge in [0.25, 0.3) is 5.56 Å². The van der Waals surface area contributed by atoms with E-state index in [1.807, 2.05) is 4.90 Å². The van der Waals surface area contributed by atoms with Gasteiger partial charge in [0.2, 0.25) is 11.9 Å². The van der Waals surface area contributed by atoms with Crippen molar-refractivity contribution in [3.05, 3.63) is 46.1 Å². The Morgan fingerprint density at radius 3 is 2.93 bits per heavy atom. The van der Waals surface area contributed by atoms with Gasteiger partial charge in [-0.25, -0.2) is 0 Å². The van der Waals surface area contributed by atoms with Crippen molar-refractivity contribution in [2.75, 3.05) is 36.5 Å². The van der Waals surface area contributed by atoms with Gasteiger partial charge in [0, 0.05) is 31.7 Å². The summed E-state index contributed by atoms with van der Waals surface area (Å²) in [5.74, 6) is 0.198. The van der Waals surface area contributed by atoms with Crippen LogP contribution in [0.5, 0.6) is 0 Å². The van der Waals surface area contributed by atoms with E-state index in [2.05, 4.69) is 20.3 Å². The molecule has 0 spiro atoms. The summed E-state index contributed by atoms with van der Waals surface area (Å²) < 4.78 is 6.97. The number of nitrogens with one attached hydrogen (secondary N) is 2. The van der Waals surface area contributed by atoms with Crippen LogP contribution in [0.2, 0.25) is 5.02 Å². The van der Waals surface area contributed by atoms with Crippen molar-refractivity contribution in [3.63, 3.8) is 0 Å². The summed E-state index contributed by atoms with van der Waals surface area (Å²) in [5.41, 5.74) is 0.696. The molecular weight excluding hydrogens is 372 g/mol. The van der Waals surface area contributed by atoms with Crippen LogP contribution in [0.4, 0.5) is 11.6 Å². The van der Waals surface area contributed by atoms with Crippen molar-refractivity contribution in [1.82, 2.24) is 19.5 Å². The second-order valence-electron chi connectivity index (χ2n) is 6.07. The highest BCUT2D eigenvalue weighted by Gasteiger charge is 2.17. The molecule has 0 unspecified atom stereocenters. The topological polar surface area (TPSA) is 105 Å². The molecule has 3 aromatic heterocycles. The highest BCUT2D eigenvalue weighted by atomic mass is 35.5. The molecule has 0 bridgehead atoms. The average Bonchev–Trinajstić information content (AvgIpc) is 3.07. The average molecular weight is 389 g/mol. The molecule has 2 N–H and O–H groups in total. The highest BCUT2D eigenvalue weighted by Crippen LogP contribution is 2.19. The summed E-state index contributed by atoms with van der Waals surface area (Å²) in [7, 11) is 0. The first-order valence-electron chi connectivity index (χ1n) is 8.43. The molecule has 4 heterocycles. The lowest BCUT2D eigenvalue weighted by Crippen LogP contribution is -2.38. The van der Waals surface area contributed by atoms with E-state index in [9.17, 15) is 9.59 Å². The number of fused-ring (bicyclic) bond motifs is 1. The van der Waals surface area contributed by atoms with Crippen LogP contribution in [0.25, 0.3) is 11.0 Å². The molecule has 1 amide bonds. The number of carbonyl (C=O) groups excluding carboxylic acids is 1. The normalized spacial score (nSPS) is 14.5. The first-order chi connectivity index (χ1) is 13.1. The van der Waals surface area contributed by atoms with E-state index in [4.69, 9.17) is 16.3 Å². The highest BCUT2D eigenvalue weighted by molar-refractivity contribution is 6.33. The van der Waals surface area contributed by atoms with E-state index in [0.29, 0.717) is 54.0 Å². The van der Waals surface area contributed by atoms with Crippen LogP contribution in [0.15, 0.2) is 35.5 Å². The Morgan fingerprint density at radius 1 is 1.33 bits per heavy atom. The number of ether oxygens (including phenoxy) is 1. The summed E-state index contributed by atoms with van der Waals surface area (Å²) in [6.07, 6.45) is 4.67. The molecule has 1 aliphatic rings. The largest absolute Gasteiger partial charge is 0.378 e. The first-order valence-corrected chi connectivity index (χ1v) is 8.81. The molecule has 0 atom stereocenters. The number of rotatable bonds is 4. The van der Waals surface area contributed by atoms with E-state index in [-0.39, 0.29) is 18.0 Å². The molecule has 140 valence electrons. The molecule has 10 heteroatoms. The summed E-state index contributed by atoms with van der Waals surface area (Å²) in [5, 5.41) is 3.52. The molecule has 1 aliphatic heterocycles. The van der Waals surface area contributed by atoms with Crippen LogP contribution in [-0.4, -0.2) is 51.7 Å². The molecule has 0 radical (unpaired) electrons. The zero-order valence-corrected chi connectivity index (χ0v) is 15.1. The number of nitrogens with zero attached hydrogens (tertiary/aromatic N) is 4. The molecule has 1 saturated heterocycles. The monoisotopic (exact) mass is 388 g/mol. The van der Waals surface area contributed by atoms with Crippen molar-refractivity contribution in [2.24, 2.45) is 0 Å². The van der Waals surface area contributed by atoms with Crippen LogP contribution in [0.1, 0.15) is 0 Å². The number of carbonyl (C=O) groups is 1. The third kappa shape index (κ3) is 3.64. The Hall–Kier alpha value is -2.91. The molecule has 27 heavy (non-hydrogen) atoms. The zero-order valence-electron chi connectivity index (χ0n) is 14.3. The predicted molar refractivity (Wildman–Crippen MR) is 101 cm³/mol. The second-order valence-corrected chi connectivity index (χ2v) is 6.48. The molecule has 1 fully saturated rings. The number of H-pyrrole nitrogens is 1. The smallest absolute Gasteiger partial charge is 0.261 e. The van der Waals surface area contributed by atoms with Gasteiger partial charge >= 0.3 is 0 Å². The van der Waals surface area contributed by atoms with Gasteiger partial charge < -0.3 is 19.5 Å². The van der Waals surface area contributed by atoms with Crippen LogP contribution < -0.4 is 15.8 Å². The molecule has 0 saturated carbocycles. The molecule has 3 aromatic rings. The van der Waals surface area contributed by atoms with Gasteiger partial charge in [0.05, 0.1) is 29.3 Å². The molecule has 4 rings (SSSR count). The zero-order chi connectivity index (χ0) is 18.8.